The van der Waals surface area contributed by atoms with Gasteiger partial charge in [-0.15, -0.1) is 13.2 Å². The van der Waals surface area contributed by atoms with Gasteiger partial charge in [0.05, 0.1) is 6.61 Å². The summed E-state index contributed by atoms with van der Waals surface area (Å²) in [7, 11) is 0. The zero-order valence-corrected chi connectivity index (χ0v) is 41.6. The van der Waals surface area contributed by atoms with Crippen molar-refractivity contribution in [2.75, 3.05) is 16.4 Å². The van der Waals surface area contributed by atoms with E-state index in [1.54, 1.807) is 5.70 Å². The minimum atomic E-state index is -0.230. The van der Waals surface area contributed by atoms with Gasteiger partial charge in [-0.25, -0.2) is 0 Å². The highest BCUT2D eigenvalue weighted by molar-refractivity contribution is 5.88. The monoisotopic (exact) mass is 931 g/mol. The van der Waals surface area contributed by atoms with Gasteiger partial charge >= 0.3 is 0 Å². The molecule has 0 N–H and O–H groups in total. The zero-order valence-electron chi connectivity index (χ0n) is 41.6. The van der Waals surface area contributed by atoms with Crippen molar-refractivity contribution in [1.82, 2.24) is 0 Å². The number of benzene rings is 3. The van der Waals surface area contributed by atoms with Crippen LogP contribution in [0.3, 0.4) is 0 Å². The molecule has 3 aromatic rings. The van der Waals surface area contributed by atoms with Crippen LogP contribution in [0.15, 0.2) is 229 Å². The van der Waals surface area contributed by atoms with Crippen LogP contribution in [0.4, 0.5) is 17.1 Å². The van der Waals surface area contributed by atoms with Crippen LogP contribution in [-0.2, 0) is 10.2 Å². The molecule has 0 saturated carbocycles. The largest absolute Gasteiger partial charge is 0.494 e. The Morgan fingerprint density at radius 2 is 1.56 bits per heavy atom. The van der Waals surface area contributed by atoms with Crippen LogP contribution in [0.2, 0.25) is 0 Å². The van der Waals surface area contributed by atoms with E-state index in [-0.39, 0.29) is 5.41 Å². The van der Waals surface area contributed by atoms with E-state index in [0.29, 0.717) is 42.2 Å². The van der Waals surface area contributed by atoms with Gasteiger partial charge in [0.2, 0.25) is 0 Å². The van der Waals surface area contributed by atoms with Crippen molar-refractivity contribution in [2.45, 2.75) is 101 Å². The molecule has 3 heteroatoms. The lowest BCUT2D eigenvalue weighted by Gasteiger charge is -2.37. The van der Waals surface area contributed by atoms with Crippen LogP contribution in [0.25, 0.3) is 11.1 Å². The van der Waals surface area contributed by atoms with E-state index in [0.717, 1.165) is 89.2 Å². The second-order valence-corrected chi connectivity index (χ2v) is 21.4. The molecule has 0 radical (unpaired) electrons. The van der Waals surface area contributed by atoms with Crippen LogP contribution in [-0.4, -0.2) is 12.6 Å². The van der Waals surface area contributed by atoms with E-state index < -0.39 is 0 Å². The van der Waals surface area contributed by atoms with Gasteiger partial charge in [-0.3, -0.25) is 0 Å². The number of hydrogen-bond donors (Lipinski definition) is 0. The molecule has 1 saturated heterocycles. The summed E-state index contributed by atoms with van der Waals surface area (Å²) in [5.74, 6) is 3.40. The predicted octanol–water partition coefficient (Wildman–Crippen LogP) is 17.4. The standard InChI is InChI=1S/C68H70N2O/c1-3-48-25-29-50(30-26-48)52-33-41-66-62(45-52)63-46-53(34-42-67(63)70(66)56-21-12-7-13-22-56)51-31-35-57(36-32-51)69(55-19-10-6-11-20-55)58-37-40-61-60-23-14-15-24-64(60)68(65(61)47-58,54-17-8-5-9-18-54)43-16-44-71-59-38-27-49(4-2)28-39-59/h3-4,6-8,10,12-13,15,17-19,21-22,24-25,27,29-32,35-41,46-49,52,62-63,67H,1-2,5,9,11,14,16,20,23,26,28,33-34,42-45H2. The number of ether oxygens (including phenoxy) is 1. The lowest BCUT2D eigenvalue weighted by Crippen LogP contribution is -2.33. The van der Waals surface area contributed by atoms with Gasteiger partial charge < -0.3 is 14.5 Å². The van der Waals surface area contributed by atoms with Crippen molar-refractivity contribution < 1.29 is 4.74 Å². The Labute approximate surface area is 424 Å². The summed E-state index contributed by atoms with van der Waals surface area (Å²) in [6.45, 7) is 8.77. The number of nitrogens with zero attached hydrogens (tertiary/aromatic N) is 2. The molecule has 1 heterocycles. The fourth-order valence-electron chi connectivity index (χ4n) is 13.9. The highest BCUT2D eigenvalue weighted by atomic mass is 16.5. The van der Waals surface area contributed by atoms with Crippen LogP contribution < -0.4 is 9.80 Å². The molecule has 0 spiro atoms. The Kier molecular flexibility index (Phi) is 12.8. The highest BCUT2D eigenvalue weighted by Gasteiger charge is 2.49. The quantitative estimate of drug-likeness (QED) is 0.118. The molecule has 358 valence electrons. The Bertz CT molecular complexity index is 2950. The normalized spacial score (nSPS) is 28.1. The Hall–Kier alpha value is -6.58. The SMILES string of the molecule is C=CC1C=CC(OCCCC2(C3=CCCC=C3)C3=C(CCC=C3)c3ccc(N(C4=CC=CCC4)c4ccc(C5=CC6C7CC(C8=CCC(C=C)C=C8)CC=C7N(c7ccccc7)C6CC5)cc4)cc32)=CC1. The molecule has 71 heavy (non-hydrogen) atoms. The van der Waals surface area contributed by atoms with E-state index in [4.69, 9.17) is 4.74 Å². The summed E-state index contributed by atoms with van der Waals surface area (Å²) < 4.78 is 6.48. The minimum absolute atomic E-state index is 0.230. The summed E-state index contributed by atoms with van der Waals surface area (Å²) >= 11 is 0. The van der Waals surface area contributed by atoms with Crippen molar-refractivity contribution in [2.24, 2.45) is 29.6 Å². The maximum atomic E-state index is 6.48. The Balaban J connectivity index is 0.866. The van der Waals surface area contributed by atoms with Crippen LogP contribution >= 0.6 is 0 Å². The second kappa shape index (κ2) is 19.9. The number of hydrogen-bond acceptors (Lipinski definition) is 3. The van der Waals surface area contributed by atoms with Crippen molar-refractivity contribution in [1.29, 1.82) is 0 Å². The molecule has 12 rings (SSSR count). The molecule has 3 nitrogen and oxygen atoms in total. The fourth-order valence-corrected chi connectivity index (χ4v) is 13.9. The average Bonchev–Trinajstić information content (AvgIpc) is 3.92. The van der Waals surface area contributed by atoms with Crippen molar-refractivity contribution in [3.63, 3.8) is 0 Å². The summed E-state index contributed by atoms with van der Waals surface area (Å²) in [5.41, 5.74) is 18.3. The first kappa shape index (κ1) is 45.6. The first-order chi connectivity index (χ1) is 35.1. The summed E-state index contributed by atoms with van der Waals surface area (Å²) in [4.78, 5) is 5.31. The van der Waals surface area contributed by atoms with Gasteiger partial charge in [-0.1, -0.05) is 128 Å². The van der Waals surface area contributed by atoms with Gasteiger partial charge in [0.25, 0.3) is 0 Å². The maximum absolute atomic E-state index is 6.48. The molecular weight excluding hydrogens is 861 g/mol. The van der Waals surface area contributed by atoms with Crippen LogP contribution in [0.5, 0.6) is 0 Å². The number of para-hydroxylation sites is 1. The number of allylic oxidation sites excluding steroid dienone is 24. The van der Waals surface area contributed by atoms with Gasteiger partial charge in [-0.2, -0.15) is 0 Å². The maximum Gasteiger partial charge on any atom is 0.115 e. The highest BCUT2D eigenvalue weighted by Crippen LogP contribution is 2.58. The van der Waals surface area contributed by atoms with E-state index in [1.165, 1.54) is 73.7 Å². The molecule has 3 aromatic carbocycles. The van der Waals surface area contributed by atoms with E-state index >= 15 is 0 Å². The molecule has 9 aliphatic rings. The van der Waals surface area contributed by atoms with E-state index in [2.05, 4.69) is 199 Å². The van der Waals surface area contributed by atoms with Gasteiger partial charge in [-0.05, 0) is 207 Å². The minimum Gasteiger partial charge on any atom is -0.494 e. The third-order valence-electron chi connectivity index (χ3n) is 17.4. The summed E-state index contributed by atoms with van der Waals surface area (Å²) in [5, 5.41) is 0. The molecular formula is C68H70N2O. The fraction of sp³-hybridized carbons (Fsp3) is 0.324. The Morgan fingerprint density at radius 1 is 0.746 bits per heavy atom. The number of rotatable bonds is 14. The predicted molar refractivity (Wildman–Crippen MR) is 299 cm³/mol. The van der Waals surface area contributed by atoms with Crippen molar-refractivity contribution in [3.05, 3.63) is 246 Å². The molecule has 1 aliphatic heterocycles. The van der Waals surface area contributed by atoms with Crippen LogP contribution in [0, 0.1) is 29.6 Å². The molecule has 8 aliphatic carbocycles. The van der Waals surface area contributed by atoms with E-state index in [1.807, 2.05) is 6.08 Å². The molecule has 1 fully saturated rings. The Morgan fingerprint density at radius 3 is 2.32 bits per heavy atom. The first-order valence-corrected chi connectivity index (χ1v) is 27.2. The third kappa shape index (κ3) is 8.54. The summed E-state index contributed by atoms with van der Waals surface area (Å²) in [6, 6.07) is 28.9. The lowest BCUT2D eigenvalue weighted by molar-refractivity contribution is 0.210. The second-order valence-electron chi connectivity index (χ2n) is 21.4. The number of anilines is 3. The van der Waals surface area contributed by atoms with E-state index in [9.17, 15) is 0 Å². The first-order valence-electron chi connectivity index (χ1n) is 27.2. The summed E-state index contributed by atoms with van der Waals surface area (Å²) in [6.07, 6.45) is 57.5. The van der Waals surface area contributed by atoms with Gasteiger partial charge in [0, 0.05) is 51.7 Å². The number of fused-ring (bicyclic) bond motifs is 5. The average molecular weight is 931 g/mol. The topological polar surface area (TPSA) is 15.7 Å². The lowest BCUT2D eigenvalue weighted by atomic mass is 9.66. The van der Waals surface area contributed by atoms with Crippen molar-refractivity contribution >= 4 is 28.2 Å². The third-order valence-corrected chi connectivity index (χ3v) is 17.4. The van der Waals surface area contributed by atoms with Gasteiger partial charge in [0.15, 0.2) is 0 Å². The zero-order chi connectivity index (χ0) is 47.7. The van der Waals surface area contributed by atoms with Crippen molar-refractivity contribution in [3.8, 4) is 0 Å². The molecule has 7 atom stereocenters. The molecule has 0 amide bonds. The smallest absolute Gasteiger partial charge is 0.115 e. The molecule has 7 unspecified atom stereocenters. The van der Waals surface area contributed by atoms with Crippen LogP contribution in [0.1, 0.15) is 107 Å². The molecule has 0 bridgehead atoms. The van der Waals surface area contributed by atoms with Gasteiger partial charge in [0.1, 0.15) is 5.76 Å². The molecule has 0 aromatic heterocycles.